The van der Waals surface area contributed by atoms with Gasteiger partial charge in [-0.2, -0.15) is 0 Å². The van der Waals surface area contributed by atoms with Gasteiger partial charge in [-0.3, -0.25) is 14.6 Å². The van der Waals surface area contributed by atoms with Crippen molar-refractivity contribution in [3.05, 3.63) is 64.4 Å². The van der Waals surface area contributed by atoms with Crippen LogP contribution in [0.1, 0.15) is 28.1 Å². The van der Waals surface area contributed by atoms with Crippen molar-refractivity contribution in [3.8, 4) is 11.3 Å². The first-order valence-corrected chi connectivity index (χ1v) is 12.9. The molecule has 1 aliphatic heterocycles. The number of hydrogen-bond donors (Lipinski definition) is 0. The van der Waals surface area contributed by atoms with Gasteiger partial charge in [-0.05, 0) is 44.0 Å². The summed E-state index contributed by atoms with van der Waals surface area (Å²) in [6, 6.07) is 13.5. The van der Waals surface area contributed by atoms with Crippen LogP contribution in [0, 0.1) is 13.8 Å². The lowest BCUT2D eigenvalue weighted by molar-refractivity contribution is 0.0376. The molecule has 1 saturated heterocycles. The molecule has 3 heterocycles. The van der Waals surface area contributed by atoms with Crippen LogP contribution >= 0.6 is 35.3 Å². The molecule has 1 amide bonds. The van der Waals surface area contributed by atoms with E-state index in [0.29, 0.717) is 39.3 Å². The summed E-state index contributed by atoms with van der Waals surface area (Å²) < 4.78 is 12.0. The van der Waals surface area contributed by atoms with E-state index in [-0.39, 0.29) is 18.3 Å². The highest BCUT2D eigenvalue weighted by Gasteiger charge is 2.29. The molecule has 190 valence electrons. The highest BCUT2D eigenvalue weighted by molar-refractivity contribution is 7.22. The SMILES string of the molecule is Cc1ccc2nc(N(CCCN3CCOCC3)C(=O)c3c(-c4ccccc4Cl)noc3C)sc2c1.Cl. The van der Waals surface area contributed by atoms with E-state index in [1.54, 1.807) is 17.9 Å². The van der Waals surface area contributed by atoms with E-state index in [1.165, 1.54) is 11.3 Å². The van der Waals surface area contributed by atoms with Crippen LogP contribution in [0.4, 0.5) is 5.13 Å². The Kier molecular flexibility index (Phi) is 8.64. The molecule has 0 N–H and O–H groups in total. The van der Waals surface area contributed by atoms with Crippen LogP contribution < -0.4 is 4.90 Å². The van der Waals surface area contributed by atoms with Crippen molar-refractivity contribution in [2.75, 3.05) is 44.3 Å². The Morgan fingerprint density at radius 1 is 1.17 bits per heavy atom. The van der Waals surface area contributed by atoms with E-state index in [2.05, 4.69) is 23.0 Å². The second-order valence-electron chi connectivity index (χ2n) is 8.67. The van der Waals surface area contributed by atoms with Gasteiger partial charge in [0.15, 0.2) is 5.13 Å². The average Bonchev–Trinajstić information content (AvgIpc) is 3.45. The average molecular weight is 548 g/mol. The fraction of sp³-hybridized carbons (Fsp3) is 0.346. The third-order valence-electron chi connectivity index (χ3n) is 6.17. The summed E-state index contributed by atoms with van der Waals surface area (Å²) in [5.41, 5.74) is 3.58. The number of nitrogens with zero attached hydrogens (tertiary/aromatic N) is 4. The molecule has 7 nitrogen and oxygen atoms in total. The van der Waals surface area contributed by atoms with E-state index < -0.39 is 0 Å². The van der Waals surface area contributed by atoms with Crippen molar-refractivity contribution in [2.24, 2.45) is 0 Å². The molecule has 0 spiro atoms. The molecule has 2 aromatic carbocycles. The van der Waals surface area contributed by atoms with Gasteiger partial charge in [0.1, 0.15) is 17.0 Å². The second-order valence-corrected chi connectivity index (χ2v) is 10.1. The van der Waals surface area contributed by atoms with Gasteiger partial charge in [0.2, 0.25) is 0 Å². The zero-order valence-corrected chi connectivity index (χ0v) is 22.6. The number of anilines is 1. The molecule has 36 heavy (non-hydrogen) atoms. The van der Waals surface area contributed by atoms with Crippen molar-refractivity contribution >= 4 is 56.6 Å². The summed E-state index contributed by atoms with van der Waals surface area (Å²) in [4.78, 5) is 23.0. The third kappa shape index (κ3) is 5.58. The lowest BCUT2D eigenvalue weighted by Crippen LogP contribution is -2.39. The molecule has 10 heteroatoms. The Bertz CT molecular complexity index is 1350. The summed E-state index contributed by atoms with van der Waals surface area (Å²) in [5.74, 6) is 0.275. The summed E-state index contributed by atoms with van der Waals surface area (Å²) in [5, 5.41) is 5.39. The maximum atomic E-state index is 14.1. The number of benzene rings is 2. The van der Waals surface area contributed by atoms with Gasteiger partial charge >= 0.3 is 0 Å². The standard InChI is InChI=1S/C26H27ClN4O3S.ClH/c1-17-8-9-21-22(16-17)35-26(28-21)31(11-5-10-30-12-14-33-15-13-30)25(32)23-18(2)34-29-24(23)19-6-3-4-7-20(19)27;/h3-4,6-9,16H,5,10-15H2,1-2H3;1H. The number of carbonyl (C=O) groups is 1. The zero-order valence-electron chi connectivity index (χ0n) is 20.2. The Balaban J connectivity index is 0.00000304. The monoisotopic (exact) mass is 546 g/mol. The lowest BCUT2D eigenvalue weighted by atomic mass is 10.0. The van der Waals surface area contributed by atoms with Crippen LogP contribution in [0.3, 0.4) is 0 Å². The van der Waals surface area contributed by atoms with Crippen LogP contribution in [0.15, 0.2) is 47.0 Å². The lowest BCUT2D eigenvalue weighted by Gasteiger charge is -2.27. The van der Waals surface area contributed by atoms with Gasteiger partial charge in [-0.25, -0.2) is 4.98 Å². The molecule has 5 rings (SSSR count). The normalized spacial score (nSPS) is 14.1. The number of thiazole rings is 1. The van der Waals surface area contributed by atoms with Crippen molar-refractivity contribution in [1.82, 2.24) is 15.0 Å². The fourth-order valence-corrected chi connectivity index (χ4v) is 5.61. The number of amides is 1. The van der Waals surface area contributed by atoms with Crippen molar-refractivity contribution in [3.63, 3.8) is 0 Å². The van der Waals surface area contributed by atoms with Crippen molar-refractivity contribution in [1.29, 1.82) is 0 Å². The molecule has 2 aromatic heterocycles. The van der Waals surface area contributed by atoms with Crippen LogP contribution in [0.5, 0.6) is 0 Å². The largest absolute Gasteiger partial charge is 0.379 e. The highest BCUT2D eigenvalue weighted by Crippen LogP contribution is 2.35. The summed E-state index contributed by atoms with van der Waals surface area (Å²) in [6.45, 7) is 8.56. The van der Waals surface area contributed by atoms with E-state index in [1.807, 2.05) is 30.3 Å². The number of ether oxygens (including phenoxy) is 1. The Morgan fingerprint density at radius 3 is 2.72 bits per heavy atom. The number of rotatable bonds is 7. The van der Waals surface area contributed by atoms with Gasteiger partial charge in [-0.15, -0.1) is 12.4 Å². The van der Waals surface area contributed by atoms with Gasteiger partial charge in [-0.1, -0.05) is 52.4 Å². The Hall–Kier alpha value is -2.49. The van der Waals surface area contributed by atoms with Crippen LogP contribution in [-0.4, -0.2) is 60.3 Å². The molecule has 0 unspecified atom stereocenters. The zero-order chi connectivity index (χ0) is 24.4. The van der Waals surface area contributed by atoms with E-state index in [4.69, 9.17) is 25.8 Å². The fourth-order valence-electron chi connectivity index (χ4n) is 4.29. The van der Waals surface area contributed by atoms with Crippen LogP contribution in [-0.2, 0) is 4.74 Å². The molecular weight excluding hydrogens is 519 g/mol. The molecule has 0 saturated carbocycles. The number of carbonyl (C=O) groups excluding carboxylic acids is 1. The predicted molar refractivity (Wildman–Crippen MR) is 147 cm³/mol. The minimum atomic E-state index is -0.184. The van der Waals surface area contributed by atoms with Gasteiger partial charge in [0.05, 0.1) is 28.5 Å². The van der Waals surface area contributed by atoms with Crippen LogP contribution in [0.2, 0.25) is 5.02 Å². The molecule has 0 bridgehead atoms. The number of morpholine rings is 1. The maximum absolute atomic E-state index is 14.1. The van der Waals surface area contributed by atoms with Gasteiger partial charge in [0.25, 0.3) is 5.91 Å². The number of hydrogen-bond acceptors (Lipinski definition) is 7. The first-order chi connectivity index (χ1) is 17.0. The molecule has 4 aromatic rings. The predicted octanol–water partition coefficient (Wildman–Crippen LogP) is 6.01. The minimum Gasteiger partial charge on any atom is -0.379 e. The van der Waals surface area contributed by atoms with Crippen molar-refractivity contribution in [2.45, 2.75) is 20.3 Å². The first kappa shape index (κ1) is 26.6. The molecule has 0 radical (unpaired) electrons. The highest BCUT2D eigenvalue weighted by atomic mass is 35.5. The molecule has 1 fully saturated rings. The number of aryl methyl sites for hydroxylation is 2. The first-order valence-electron chi connectivity index (χ1n) is 11.7. The third-order valence-corrected chi connectivity index (χ3v) is 7.54. The van der Waals surface area contributed by atoms with Gasteiger partial charge < -0.3 is 9.26 Å². The second kappa shape index (κ2) is 11.7. The number of aromatic nitrogens is 2. The van der Waals surface area contributed by atoms with E-state index >= 15 is 0 Å². The van der Waals surface area contributed by atoms with Crippen LogP contribution in [0.25, 0.3) is 21.5 Å². The number of halogens is 2. The van der Waals surface area contributed by atoms with Crippen molar-refractivity contribution < 1.29 is 14.1 Å². The Morgan fingerprint density at radius 2 is 1.94 bits per heavy atom. The van der Waals surface area contributed by atoms with E-state index in [0.717, 1.165) is 55.0 Å². The quantitative estimate of drug-likeness (QED) is 0.282. The molecule has 1 aliphatic rings. The molecular formula is C26H28Cl2N4O3S. The Labute approximate surface area is 225 Å². The van der Waals surface area contributed by atoms with Gasteiger partial charge in [0, 0.05) is 31.7 Å². The summed E-state index contributed by atoms with van der Waals surface area (Å²) in [7, 11) is 0. The summed E-state index contributed by atoms with van der Waals surface area (Å²) in [6.07, 6.45) is 0.812. The number of fused-ring (bicyclic) bond motifs is 1. The summed E-state index contributed by atoms with van der Waals surface area (Å²) >= 11 is 7.97. The van der Waals surface area contributed by atoms with E-state index in [9.17, 15) is 4.79 Å². The minimum absolute atomic E-state index is 0. The maximum Gasteiger partial charge on any atom is 0.265 e. The topological polar surface area (TPSA) is 71.7 Å². The smallest absolute Gasteiger partial charge is 0.265 e. The molecule has 0 aliphatic carbocycles. The molecule has 0 atom stereocenters.